The first-order valence-corrected chi connectivity index (χ1v) is 13.5. The number of hydrogen-bond acceptors (Lipinski definition) is 6. The molecule has 1 amide bonds. The average Bonchev–Trinajstić information content (AvgIpc) is 2.86. The molecule has 10 heteroatoms. The Morgan fingerprint density at radius 1 is 1.11 bits per heavy atom. The molecule has 3 aromatic rings. The highest BCUT2D eigenvalue weighted by Gasteiger charge is 2.27. The summed E-state index contributed by atoms with van der Waals surface area (Å²) < 4.78 is 39.6. The molecule has 0 aliphatic rings. The summed E-state index contributed by atoms with van der Waals surface area (Å²) in [6.45, 7) is 7.20. The van der Waals surface area contributed by atoms with Gasteiger partial charge in [-0.1, -0.05) is 42.5 Å². The van der Waals surface area contributed by atoms with E-state index < -0.39 is 22.5 Å². The second-order valence-corrected chi connectivity index (χ2v) is 10.8. The van der Waals surface area contributed by atoms with Crippen LogP contribution in [-0.2, 0) is 14.8 Å². The zero-order chi connectivity index (χ0) is 27.0. The van der Waals surface area contributed by atoms with E-state index in [4.69, 9.17) is 9.47 Å². The van der Waals surface area contributed by atoms with Crippen molar-refractivity contribution in [3.63, 3.8) is 0 Å². The van der Waals surface area contributed by atoms with Gasteiger partial charge in [0.2, 0.25) is 0 Å². The van der Waals surface area contributed by atoms with Gasteiger partial charge in [-0.3, -0.25) is 9.10 Å². The summed E-state index contributed by atoms with van der Waals surface area (Å²) in [5.74, 6) is 0.378. The van der Waals surface area contributed by atoms with Gasteiger partial charge >= 0.3 is 0 Å². The molecule has 3 aromatic carbocycles. The largest absolute Gasteiger partial charge is 0.493 e. The third kappa shape index (κ3) is 7.21. The second-order valence-electron chi connectivity index (χ2n) is 8.09. The quantitative estimate of drug-likeness (QED) is 0.194. The Bertz CT molecular complexity index is 1410. The molecule has 0 bridgehead atoms. The molecule has 194 valence electrons. The van der Waals surface area contributed by atoms with Gasteiger partial charge in [0.15, 0.2) is 11.5 Å². The maximum absolute atomic E-state index is 13.5. The number of amides is 1. The molecule has 0 saturated carbocycles. The number of hydrazone groups is 1. The molecule has 0 radical (unpaired) electrons. The van der Waals surface area contributed by atoms with E-state index >= 15 is 0 Å². The van der Waals surface area contributed by atoms with Crippen LogP contribution in [0.4, 0.5) is 5.69 Å². The number of nitrogens with one attached hydrogen (secondary N) is 1. The first-order valence-electron chi connectivity index (χ1n) is 11.2. The fourth-order valence-corrected chi connectivity index (χ4v) is 5.36. The Morgan fingerprint density at radius 2 is 1.84 bits per heavy atom. The maximum atomic E-state index is 13.5. The zero-order valence-electron chi connectivity index (χ0n) is 20.8. The highest BCUT2D eigenvalue weighted by molar-refractivity contribution is 9.10. The van der Waals surface area contributed by atoms with Crippen molar-refractivity contribution in [2.75, 3.05) is 24.6 Å². The SMILES string of the molecule is C=CCOc1c(Br)cc(/C=N\NC(=O)CN(c2cccc(C)c2)S(=O)(=O)c2ccc(C)cc2)cc1OC. The van der Waals surface area contributed by atoms with Gasteiger partial charge in [-0.05, 0) is 77.3 Å². The van der Waals surface area contributed by atoms with Crippen LogP contribution in [0.3, 0.4) is 0 Å². The molecule has 0 unspecified atom stereocenters. The number of anilines is 1. The number of hydrogen-bond donors (Lipinski definition) is 1. The summed E-state index contributed by atoms with van der Waals surface area (Å²) in [6.07, 6.45) is 3.05. The Balaban J connectivity index is 1.81. The molecule has 0 aliphatic carbocycles. The van der Waals surface area contributed by atoms with Gasteiger partial charge in [0.1, 0.15) is 13.2 Å². The van der Waals surface area contributed by atoms with Crippen molar-refractivity contribution in [1.82, 2.24) is 5.43 Å². The lowest BCUT2D eigenvalue weighted by molar-refractivity contribution is -0.119. The van der Waals surface area contributed by atoms with E-state index in [2.05, 4.69) is 33.0 Å². The number of nitrogens with zero attached hydrogens (tertiary/aromatic N) is 2. The fraction of sp³-hybridized carbons (Fsp3) is 0.185. The monoisotopic (exact) mass is 585 g/mol. The van der Waals surface area contributed by atoms with Crippen LogP contribution in [0.15, 0.2) is 87.8 Å². The lowest BCUT2D eigenvalue weighted by Crippen LogP contribution is -2.39. The van der Waals surface area contributed by atoms with E-state index in [9.17, 15) is 13.2 Å². The van der Waals surface area contributed by atoms with Gasteiger partial charge in [-0.15, -0.1) is 0 Å². The lowest BCUT2D eigenvalue weighted by atomic mass is 10.2. The molecule has 0 fully saturated rings. The van der Waals surface area contributed by atoms with Crippen molar-refractivity contribution in [2.24, 2.45) is 5.10 Å². The number of carbonyl (C=O) groups is 1. The van der Waals surface area contributed by atoms with Gasteiger partial charge in [-0.25, -0.2) is 13.8 Å². The van der Waals surface area contributed by atoms with Gasteiger partial charge in [-0.2, -0.15) is 5.10 Å². The summed E-state index contributed by atoms with van der Waals surface area (Å²) >= 11 is 3.44. The average molecular weight is 587 g/mol. The standard InChI is InChI=1S/C27H28BrN3O5S/c1-5-13-36-27-24(28)15-21(16-25(27)35-4)17-29-30-26(32)18-31(22-8-6-7-20(3)14-22)37(33,34)23-11-9-19(2)10-12-23/h5-12,14-17H,1,13,18H2,2-4H3,(H,30,32)/b29-17-. The van der Waals surface area contributed by atoms with Crippen molar-refractivity contribution < 1.29 is 22.7 Å². The smallest absolute Gasteiger partial charge is 0.264 e. The second kappa shape index (κ2) is 12.6. The number of sulfonamides is 1. The van der Waals surface area contributed by atoms with Crippen LogP contribution in [0.5, 0.6) is 11.5 Å². The molecule has 0 aromatic heterocycles. The van der Waals surface area contributed by atoms with Crippen LogP contribution >= 0.6 is 15.9 Å². The van der Waals surface area contributed by atoms with Gasteiger partial charge in [0, 0.05) is 0 Å². The van der Waals surface area contributed by atoms with Crippen LogP contribution in [0.2, 0.25) is 0 Å². The predicted molar refractivity (Wildman–Crippen MR) is 149 cm³/mol. The topological polar surface area (TPSA) is 97.3 Å². The third-order valence-corrected chi connectivity index (χ3v) is 7.56. The number of rotatable bonds is 11. The van der Waals surface area contributed by atoms with Crippen molar-refractivity contribution in [1.29, 1.82) is 0 Å². The fourth-order valence-electron chi connectivity index (χ4n) is 3.38. The summed E-state index contributed by atoms with van der Waals surface area (Å²) in [7, 11) is -2.50. The number of aryl methyl sites for hydroxylation is 2. The molecule has 1 N–H and O–H groups in total. The van der Waals surface area contributed by atoms with Gasteiger partial charge in [0.05, 0.1) is 28.4 Å². The van der Waals surface area contributed by atoms with E-state index in [0.29, 0.717) is 33.8 Å². The molecule has 0 heterocycles. The first kappa shape index (κ1) is 27.9. The van der Waals surface area contributed by atoms with Crippen LogP contribution in [-0.4, -0.2) is 40.8 Å². The van der Waals surface area contributed by atoms with Gasteiger partial charge < -0.3 is 9.47 Å². The van der Waals surface area contributed by atoms with E-state index in [1.54, 1.807) is 48.5 Å². The molecule has 3 rings (SSSR count). The number of methoxy groups -OCH3 is 1. The van der Waals surface area contributed by atoms with Crippen molar-refractivity contribution in [3.8, 4) is 11.5 Å². The van der Waals surface area contributed by atoms with Crippen LogP contribution in [0, 0.1) is 13.8 Å². The highest BCUT2D eigenvalue weighted by atomic mass is 79.9. The molecular formula is C27H28BrN3O5S. The minimum Gasteiger partial charge on any atom is -0.493 e. The van der Waals surface area contributed by atoms with Gasteiger partial charge in [0.25, 0.3) is 15.9 Å². The minimum absolute atomic E-state index is 0.0895. The van der Waals surface area contributed by atoms with E-state index in [-0.39, 0.29) is 4.90 Å². The number of carbonyl (C=O) groups excluding carboxylic acids is 1. The highest BCUT2D eigenvalue weighted by Crippen LogP contribution is 2.36. The van der Waals surface area contributed by atoms with E-state index in [0.717, 1.165) is 15.4 Å². The Kier molecular flexibility index (Phi) is 9.48. The van der Waals surface area contributed by atoms with E-state index in [1.165, 1.54) is 25.5 Å². The number of benzene rings is 3. The minimum atomic E-state index is -4.01. The first-order chi connectivity index (χ1) is 17.6. The van der Waals surface area contributed by atoms with Crippen LogP contribution in [0.1, 0.15) is 16.7 Å². The lowest BCUT2D eigenvalue weighted by Gasteiger charge is -2.24. The number of halogens is 1. The molecular weight excluding hydrogens is 558 g/mol. The van der Waals surface area contributed by atoms with Crippen molar-refractivity contribution in [2.45, 2.75) is 18.7 Å². The Hall–Kier alpha value is -3.63. The summed E-state index contributed by atoms with van der Waals surface area (Å²) in [5, 5.41) is 4.00. The van der Waals surface area contributed by atoms with Crippen LogP contribution in [0.25, 0.3) is 0 Å². The maximum Gasteiger partial charge on any atom is 0.264 e. The summed E-state index contributed by atoms with van der Waals surface area (Å²) in [5.41, 5.74) is 5.20. The zero-order valence-corrected chi connectivity index (χ0v) is 23.2. The number of ether oxygens (including phenoxy) is 2. The normalized spacial score (nSPS) is 11.2. The van der Waals surface area contributed by atoms with Crippen LogP contribution < -0.4 is 19.2 Å². The molecule has 0 atom stereocenters. The Labute approximate surface area is 225 Å². The molecule has 37 heavy (non-hydrogen) atoms. The summed E-state index contributed by atoms with van der Waals surface area (Å²) in [6, 6.07) is 16.9. The molecule has 0 saturated heterocycles. The molecule has 8 nitrogen and oxygen atoms in total. The summed E-state index contributed by atoms with van der Waals surface area (Å²) in [4.78, 5) is 12.9. The van der Waals surface area contributed by atoms with Crippen molar-refractivity contribution in [3.05, 3.63) is 94.5 Å². The third-order valence-electron chi connectivity index (χ3n) is 5.19. The van der Waals surface area contributed by atoms with E-state index in [1.807, 2.05) is 19.9 Å². The predicted octanol–water partition coefficient (Wildman–Crippen LogP) is 4.98. The molecule has 0 spiro atoms. The van der Waals surface area contributed by atoms with Crippen molar-refractivity contribution >= 4 is 43.8 Å². The Morgan fingerprint density at radius 3 is 2.49 bits per heavy atom. The molecule has 0 aliphatic heterocycles.